The summed E-state index contributed by atoms with van der Waals surface area (Å²) in [6.45, 7) is 6.62. The molecule has 1 N–H and O–H groups in total. The maximum atomic E-state index is 5.93. The van der Waals surface area contributed by atoms with E-state index in [1.165, 1.54) is 5.56 Å². The van der Waals surface area contributed by atoms with Gasteiger partial charge < -0.3 is 10.1 Å². The summed E-state index contributed by atoms with van der Waals surface area (Å²) >= 11 is 0. The number of nitrogens with zero attached hydrogens (tertiary/aromatic N) is 1. The fourth-order valence-corrected chi connectivity index (χ4v) is 2.74. The van der Waals surface area contributed by atoms with Gasteiger partial charge in [0.2, 0.25) is 0 Å². The Balaban J connectivity index is 0.00000132. The van der Waals surface area contributed by atoms with E-state index >= 15 is 0 Å². The molecule has 0 aliphatic carbocycles. The van der Waals surface area contributed by atoms with Gasteiger partial charge in [-0.3, -0.25) is 4.90 Å². The van der Waals surface area contributed by atoms with Gasteiger partial charge >= 0.3 is 0 Å². The molecule has 0 spiro atoms. The largest absolute Gasteiger partial charge is 0.457 e. The van der Waals surface area contributed by atoms with Crippen LogP contribution in [0.4, 0.5) is 0 Å². The first-order valence-corrected chi connectivity index (χ1v) is 7.60. The second-order valence-corrected chi connectivity index (χ2v) is 5.45. The van der Waals surface area contributed by atoms with Gasteiger partial charge in [-0.05, 0) is 36.8 Å². The first-order chi connectivity index (χ1) is 10.3. The molecule has 1 aliphatic rings. The van der Waals surface area contributed by atoms with Crippen molar-refractivity contribution in [3.05, 3.63) is 60.2 Å². The maximum Gasteiger partial charge on any atom is 0.127 e. The summed E-state index contributed by atoms with van der Waals surface area (Å²) in [6.07, 6.45) is 0. The van der Waals surface area contributed by atoms with Gasteiger partial charge in [0.15, 0.2) is 0 Å². The molecule has 0 amide bonds. The molecule has 2 aromatic carbocycles. The number of para-hydroxylation sites is 1. The van der Waals surface area contributed by atoms with Crippen LogP contribution in [0.1, 0.15) is 18.5 Å². The van der Waals surface area contributed by atoms with Crippen molar-refractivity contribution < 1.29 is 4.74 Å². The van der Waals surface area contributed by atoms with Gasteiger partial charge in [0.05, 0.1) is 0 Å². The van der Waals surface area contributed by atoms with Crippen LogP contribution in [0.2, 0.25) is 0 Å². The third kappa shape index (κ3) is 5.40. The van der Waals surface area contributed by atoms with Gasteiger partial charge in [-0.1, -0.05) is 30.3 Å². The van der Waals surface area contributed by atoms with Crippen molar-refractivity contribution in [3.63, 3.8) is 0 Å². The van der Waals surface area contributed by atoms with E-state index < -0.39 is 0 Å². The molecule has 1 saturated heterocycles. The lowest BCUT2D eigenvalue weighted by Crippen LogP contribution is -2.44. The zero-order valence-corrected chi connectivity index (χ0v) is 14.9. The van der Waals surface area contributed by atoms with E-state index in [1.54, 1.807) is 0 Å². The Bertz CT molecular complexity index is 574. The molecule has 0 aromatic heterocycles. The van der Waals surface area contributed by atoms with Crippen molar-refractivity contribution in [2.24, 2.45) is 0 Å². The van der Waals surface area contributed by atoms with Crippen LogP contribution in [0.25, 0.3) is 0 Å². The van der Waals surface area contributed by atoms with Crippen LogP contribution < -0.4 is 10.1 Å². The SMILES string of the molecule is C[C@H](c1cccc(Oc2ccccc2)c1)N1CCNCC1.Cl.Cl. The quantitative estimate of drug-likeness (QED) is 0.886. The molecule has 5 heteroatoms. The highest BCUT2D eigenvalue weighted by atomic mass is 35.5. The van der Waals surface area contributed by atoms with Gasteiger partial charge in [-0.25, -0.2) is 0 Å². The number of piperazine rings is 1. The van der Waals surface area contributed by atoms with Crippen molar-refractivity contribution in [2.75, 3.05) is 26.2 Å². The molecule has 1 aliphatic heterocycles. The molecular weight excluding hydrogens is 331 g/mol. The zero-order chi connectivity index (χ0) is 14.5. The average molecular weight is 355 g/mol. The molecule has 0 saturated carbocycles. The third-order valence-corrected chi connectivity index (χ3v) is 4.02. The Morgan fingerprint density at radius 1 is 0.913 bits per heavy atom. The van der Waals surface area contributed by atoms with Crippen LogP contribution in [0.3, 0.4) is 0 Å². The number of hydrogen-bond donors (Lipinski definition) is 1. The van der Waals surface area contributed by atoms with Gasteiger partial charge in [-0.15, -0.1) is 24.8 Å². The maximum absolute atomic E-state index is 5.93. The number of halogens is 2. The summed E-state index contributed by atoms with van der Waals surface area (Å²) in [6, 6.07) is 18.8. The molecule has 0 bridgehead atoms. The van der Waals surface area contributed by atoms with Gasteiger partial charge in [-0.2, -0.15) is 0 Å². The highest BCUT2D eigenvalue weighted by molar-refractivity contribution is 5.85. The van der Waals surface area contributed by atoms with Crippen LogP contribution in [0, 0.1) is 0 Å². The Kier molecular flexibility index (Phi) is 8.42. The Morgan fingerprint density at radius 3 is 2.26 bits per heavy atom. The molecule has 1 heterocycles. The minimum absolute atomic E-state index is 0. The van der Waals surface area contributed by atoms with E-state index in [0.29, 0.717) is 6.04 Å². The van der Waals surface area contributed by atoms with Crippen molar-refractivity contribution >= 4 is 24.8 Å². The zero-order valence-electron chi connectivity index (χ0n) is 13.3. The smallest absolute Gasteiger partial charge is 0.127 e. The van der Waals surface area contributed by atoms with E-state index in [2.05, 4.69) is 35.3 Å². The molecule has 0 unspecified atom stereocenters. The number of ether oxygens (including phenoxy) is 1. The number of nitrogens with one attached hydrogen (secondary N) is 1. The molecule has 1 atom stereocenters. The van der Waals surface area contributed by atoms with E-state index in [1.807, 2.05) is 36.4 Å². The fraction of sp³-hybridized carbons (Fsp3) is 0.333. The summed E-state index contributed by atoms with van der Waals surface area (Å²) in [4.78, 5) is 2.51. The van der Waals surface area contributed by atoms with Crippen molar-refractivity contribution in [3.8, 4) is 11.5 Å². The lowest BCUT2D eigenvalue weighted by Gasteiger charge is -2.33. The predicted molar refractivity (Wildman–Crippen MR) is 100 cm³/mol. The summed E-state index contributed by atoms with van der Waals surface area (Å²) in [5, 5.41) is 3.40. The molecule has 0 radical (unpaired) electrons. The summed E-state index contributed by atoms with van der Waals surface area (Å²) in [7, 11) is 0. The summed E-state index contributed by atoms with van der Waals surface area (Å²) < 4.78 is 5.93. The Morgan fingerprint density at radius 2 is 1.57 bits per heavy atom. The van der Waals surface area contributed by atoms with Crippen LogP contribution in [-0.2, 0) is 0 Å². The van der Waals surface area contributed by atoms with Crippen LogP contribution in [-0.4, -0.2) is 31.1 Å². The summed E-state index contributed by atoms with van der Waals surface area (Å²) in [5.41, 5.74) is 1.31. The monoisotopic (exact) mass is 354 g/mol. The Hall–Kier alpha value is -1.26. The van der Waals surface area contributed by atoms with Crippen molar-refractivity contribution in [1.82, 2.24) is 10.2 Å². The van der Waals surface area contributed by atoms with Gasteiger partial charge in [0.25, 0.3) is 0 Å². The Labute approximate surface area is 150 Å². The van der Waals surface area contributed by atoms with Crippen LogP contribution >= 0.6 is 24.8 Å². The van der Waals surface area contributed by atoms with E-state index in [-0.39, 0.29) is 24.8 Å². The predicted octanol–water partition coefficient (Wildman–Crippen LogP) is 4.29. The van der Waals surface area contributed by atoms with Crippen molar-refractivity contribution in [2.45, 2.75) is 13.0 Å². The highest BCUT2D eigenvalue weighted by Crippen LogP contribution is 2.27. The average Bonchev–Trinajstić information content (AvgIpc) is 2.56. The lowest BCUT2D eigenvalue weighted by molar-refractivity contribution is 0.185. The summed E-state index contributed by atoms with van der Waals surface area (Å²) in [5.74, 6) is 1.78. The molecule has 3 rings (SSSR count). The fourth-order valence-electron chi connectivity index (χ4n) is 2.74. The molecule has 126 valence electrons. The molecular formula is C18H24Cl2N2O. The van der Waals surface area contributed by atoms with Crippen LogP contribution in [0.5, 0.6) is 11.5 Å². The number of rotatable bonds is 4. The highest BCUT2D eigenvalue weighted by Gasteiger charge is 2.18. The van der Waals surface area contributed by atoms with Crippen LogP contribution in [0.15, 0.2) is 54.6 Å². The second-order valence-electron chi connectivity index (χ2n) is 5.45. The topological polar surface area (TPSA) is 24.5 Å². The first kappa shape index (κ1) is 19.8. The number of benzene rings is 2. The molecule has 3 nitrogen and oxygen atoms in total. The molecule has 2 aromatic rings. The van der Waals surface area contributed by atoms with Gasteiger partial charge in [0.1, 0.15) is 11.5 Å². The first-order valence-electron chi connectivity index (χ1n) is 7.60. The second kappa shape index (κ2) is 9.78. The minimum Gasteiger partial charge on any atom is -0.457 e. The standard InChI is InChI=1S/C18H22N2O.2ClH/c1-15(20-12-10-19-11-13-20)16-6-5-9-18(14-16)21-17-7-3-2-4-8-17;;/h2-9,14-15,19H,10-13H2,1H3;2*1H/t15-;;/m1../s1. The third-order valence-electron chi connectivity index (χ3n) is 4.02. The van der Waals surface area contributed by atoms with Gasteiger partial charge in [0, 0.05) is 32.2 Å². The van der Waals surface area contributed by atoms with E-state index in [0.717, 1.165) is 37.7 Å². The van der Waals surface area contributed by atoms with E-state index in [9.17, 15) is 0 Å². The number of hydrogen-bond acceptors (Lipinski definition) is 3. The molecule has 1 fully saturated rings. The lowest BCUT2D eigenvalue weighted by atomic mass is 10.1. The van der Waals surface area contributed by atoms with Crippen molar-refractivity contribution in [1.29, 1.82) is 0 Å². The normalized spacial score (nSPS) is 15.9. The molecule has 23 heavy (non-hydrogen) atoms. The minimum atomic E-state index is 0. The van der Waals surface area contributed by atoms with E-state index in [4.69, 9.17) is 4.74 Å².